The van der Waals surface area contributed by atoms with Crippen molar-refractivity contribution in [3.05, 3.63) is 0 Å². The molecule has 0 radical (unpaired) electrons. The molecular formula is C28H60N2O2. The molecule has 2 unspecified atom stereocenters. The first-order valence-electron chi connectivity index (χ1n) is 14.2. The molecule has 194 valence electrons. The monoisotopic (exact) mass is 456 g/mol. The average molecular weight is 457 g/mol. The number of nitrogens with zero attached hydrogens (tertiary/aromatic N) is 2. The van der Waals surface area contributed by atoms with Gasteiger partial charge in [0.25, 0.3) is 0 Å². The SMILES string of the molecule is CCCCCCCCC(O)CN(C)CCCCCCN(C)CC(O)CCCCCCCC. The third-order valence-corrected chi connectivity index (χ3v) is 6.66. The maximum absolute atomic E-state index is 10.2. The highest BCUT2D eigenvalue weighted by molar-refractivity contribution is 4.64. The highest BCUT2D eigenvalue weighted by Crippen LogP contribution is 2.11. The summed E-state index contributed by atoms with van der Waals surface area (Å²) < 4.78 is 0. The van der Waals surface area contributed by atoms with Crippen molar-refractivity contribution in [3.63, 3.8) is 0 Å². The van der Waals surface area contributed by atoms with E-state index >= 15 is 0 Å². The van der Waals surface area contributed by atoms with Crippen molar-refractivity contribution in [1.29, 1.82) is 0 Å². The summed E-state index contributed by atoms with van der Waals surface area (Å²) in [6, 6.07) is 0. The van der Waals surface area contributed by atoms with Gasteiger partial charge in [-0.15, -0.1) is 0 Å². The van der Waals surface area contributed by atoms with Gasteiger partial charge in [-0.25, -0.2) is 0 Å². The molecule has 2 N–H and O–H groups in total. The molecule has 0 saturated carbocycles. The maximum atomic E-state index is 10.2. The van der Waals surface area contributed by atoms with Crippen LogP contribution in [0.1, 0.15) is 129 Å². The zero-order valence-corrected chi connectivity index (χ0v) is 22.5. The van der Waals surface area contributed by atoms with E-state index in [1.54, 1.807) is 0 Å². The summed E-state index contributed by atoms with van der Waals surface area (Å²) in [5.41, 5.74) is 0. The standard InChI is InChI=1S/C28H60N2O2/c1-5-7-9-11-13-17-21-27(31)25-29(3)23-19-15-16-20-24-30(4)26-28(32)22-18-14-12-10-8-6-2/h27-28,31-32H,5-26H2,1-4H3. The Labute approximate surface area is 202 Å². The van der Waals surface area contributed by atoms with Gasteiger partial charge in [-0.1, -0.05) is 104 Å². The van der Waals surface area contributed by atoms with Crippen LogP contribution in [0.2, 0.25) is 0 Å². The van der Waals surface area contributed by atoms with E-state index in [0.29, 0.717) is 0 Å². The quantitative estimate of drug-likeness (QED) is 0.151. The Kier molecular flexibility index (Phi) is 23.9. The number of aliphatic hydroxyl groups is 2. The van der Waals surface area contributed by atoms with Gasteiger partial charge < -0.3 is 20.0 Å². The average Bonchev–Trinajstić information content (AvgIpc) is 2.75. The molecule has 0 aromatic heterocycles. The third kappa shape index (κ3) is 23.0. The molecule has 32 heavy (non-hydrogen) atoms. The minimum Gasteiger partial charge on any atom is -0.392 e. The van der Waals surface area contributed by atoms with Crippen LogP contribution in [-0.2, 0) is 0 Å². The lowest BCUT2D eigenvalue weighted by molar-refractivity contribution is 0.112. The van der Waals surface area contributed by atoms with E-state index in [1.165, 1.54) is 103 Å². The summed E-state index contributed by atoms with van der Waals surface area (Å²) in [6.45, 7) is 8.30. The first-order chi connectivity index (χ1) is 15.5. The molecule has 0 aromatic carbocycles. The smallest absolute Gasteiger partial charge is 0.0667 e. The summed E-state index contributed by atoms with van der Waals surface area (Å²) in [6.07, 6.45) is 22.0. The van der Waals surface area contributed by atoms with Crippen LogP contribution in [0.15, 0.2) is 0 Å². The molecule has 0 aliphatic rings. The third-order valence-electron chi connectivity index (χ3n) is 6.66. The van der Waals surface area contributed by atoms with Crippen LogP contribution in [0.3, 0.4) is 0 Å². The second kappa shape index (κ2) is 24.0. The molecule has 0 bridgehead atoms. The van der Waals surface area contributed by atoms with Gasteiger partial charge in [-0.2, -0.15) is 0 Å². The summed E-state index contributed by atoms with van der Waals surface area (Å²) in [7, 11) is 4.28. The fourth-order valence-electron chi connectivity index (χ4n) is 4.52. The lowest BCUT2D eigenvalue weighted by atomic mass is 10.1. The van der Waals surface area contributed by atoms with Crippen LogP contribution >= 0.6 is 0 Å². The van der Waals surface area contributed by atoms with Gasteiger partial charge in [0.1, 0.15) is 0 Å². The number of likely N-dealkylation sites (N-methyl/N-ethyl adjacent to an activating group) is 2. The fourth-order valence-corrected chi connectivity index (χ4v) is 4.52. The lowest BCUT2D eigenvalue weighted by Gasteiger charge is -2.21. The summed E-state index contributed by atoms with van der Waals surface area (Å²) in [5.74, 6) is 0. The number of hydrogen-bond donors (Lipinski definition) is 2. The van der Waals surface area contributed by atoms with Crippen LogP contribution in [0, 0.1) is 0 Å². The minimum absolute atomic E-state index is 0.164. The summed E-state index contributed by atoms with van der Waals surface area (Å²) in [5, 5.41) is 20.5. The van der Waals surface area contributed by atoms with Crippen molar-refractivity contribution in [2.24, 2.45) is 0 Å². The van der Waals surface area contributed by atoms with E-state index in [4.69, 9.17) is 0 Å². The van der Waals surface area contributed by atoms with Crippen molar-refractivity contribution in [1.82, 2.24) is 9.80 Å². The predicted octanol–water partition coefficient (Wildman–Crippen LogP) is 6.63. The van der Waals surface area contributed by atoms with Gasteiger partial charge in [0.05, 0.1) is 12.2 Å². The minimum atomic E-state index is -0.164. The largest absolute Gasteiger partial charge is 0.392 e. The van der Waals surface area contributed by atoms with Crippen LogP contribution in [0.25, 0.3) is 0 Å². The zero-order chi connectivity index (χ0) is 23.9. The molecule has 4 heteroatoms. The Bertz CT molecular complexity index is 333. The van der Waals surface area contributed by atoms with Gasteiger partial charge in [-0.3, -0.25) is 0 Å². The fraction of sp³-hybridized carbons (Fsp3) is 1.00. The highest BCUT2D eigenvalue weighted by atomic mass is 16.3. The normalized spacial score (nSPS) is 13.9. The molecule has 0 spiro atoms. The van der Waals surface area contributed by atoms with E-state index in [9.17, 15) is 10.2 Å². The maximum Gasteiger partial charge on any atom is 0.0667 e. The second-order valence-electron chi connectivity index (χ2n) is 10.4. The van der Waals surface area contributed by atoms with Gasteiger partial charge in [0, 0.05) is 13.1 Å². The number of rotatable bonds is 25. The molecule has 0 heterocycles. The van der Waals surface area contributed by atoms with E-state index in [0.717, 1.165) is 39.0 Å². The number of hydrogen-bond acceptors (Lipinski definition) is 4. The topological polar surface area (TPSA) is 46.9 Å². The van der Waals surface area contributed by atoms with Crippen LogP contribution < -0.4 is 0 Å². The first-order valence-corrected chi connectivity index (χ1v) is 14.2. The summed E-state index contributed by atoms with van der Waals surface area (Å²) >= 11 is 0. The van der Waals surface area contributed by atoms with E-state index < -0.39 is 0 Å². The lowest BCUT2D eigenvalue weighted by Crippen LogP contribution is -2.30. The van der Waals surface area contributed by atoms with Gasteiger partial charge in [0.2, 0.25) is 0 Å². The van der Waals surface area contributed by atoms with Crippen molar-refractivity contribution >= 4 is 0 Å². The molecular weight excluding hydrogens is 396 g/mol. The molecule has 0 aliphatic carbocycles. The van der Waals surface area contributed by atoms with E-state index in [1.807, 2.05) is 0 Å². The Morgan fingerprint density at radius 2 is 0.781 bits per heavy atom. The Morgan fingerprint density at radius 1 is 0.469 bits per heavy atom. The number of aliphatic hydroxyl groups excluding tert-OH is 2. The molecule has 0 fully saturated rings. The van der Waals surface area contributed by atoms with Gasteiger partial charge >= 0.3 is 0 Å². The Balaban J connectivity index is 3.51. The molecule has 0 aliphatic heterocycles. The second-order valence-corrected chi connectivity index (χ2v) is 10.4. The Hall–Kier alpha value is -0.160. The van der Waals surface area contributed by atoms with E-state index in [2.05, 4.69) is 37.7 Å². The molecule has 2 atom stereocenters. The van der Waals surface area contributed by atoms with Crippen LogP contribution in [0.5, 0.6) is 0 Å². The highest BCUT2D eigenvalue weighted by Gasteiger charge is 2.09. The number of unbranched alkanes of at least 4 members (excludes halogenated alkanes) is 13. The summed E-state index contributed by atoms with van der Waals surface area (Å²) in [4.78, 5) is 4.60. The van der Waals surface area contributed by atoms with Crippen molar-refractivity contribution in [3.8, 4) is 0 Å². The van der Waals surface area contributed by atoms with Crippen molar-refractivity contribution < 1.29 is 10.2 Å². The van der Waals surface area contributed by atoms with Crippen molar-refractivity contribution in [2.75, 3.05) is 40.3 Å². The van der Waals surface area contributed by atoms with Gasteiger partial charge in [-0.05, 0) is 52.9 Å². The van der Waals surface area contributed by atoms with Crippen molar-refractivity contribution in [2.45, 2.75) is 142 Å². The zero-order valence-electron chi connectivity index (χ0n) is 22.5. The molecule has 4 nitrogen and oxygen atoms in total. The molecule has 0 saturated heterocycles. The van der Waals surface area contributed by atoms with Gasteiger partial charge in [0.15, 0.2) is 0 Å². The first kappa shape index (κ1) is 31.8. The molecule has 0 aromatic rings. The molecule has 0 amide bonds. The predicted molar refractivity (Wildman–Crippen MR) is 141 cm³/mol. The van der Waals surface area contributed by atoms with E-state index in [-0.39, 0.29) is 12.2 Å². The van der Waals surface area contributed by atoms with Crippen LogP contribution in [-0.4, -0.2) is 72.5 Å². The van der Waals surface area contributed by atoms with Crippen LogP contribution in [0.4, 0.5) is 0 Å². The Morgan fingerprint density at radius 3 is 1.16 bits per heavy atom. The molecule has 0 rings (SSSR count).